The normalized spacial score (nSPS) is 20.0. The molecule has 2 aromatic rings. The van der Waals surface area contributed by atoms with E-state index in [9.17, 15) is 9.59 Å². The number of benzene rings is 1. The third kappa shape index (κ3) is 3.90. The van der Waals surface area contributed by atoms with Gasteiger partial charge in [0.15, 0.2) is 11.4 Å². The summed E-state index contributed by atoms with van der Waals surface area (Å²) in [4.78, 5) is 26.0. The van der Waals surface area contributed by atoms with Gasteiger partial charge in [-0.2, -0.15) is 0 Å². The Labute approximate surface area is 144 Å². The Bertz CT molecular complexity index is 804. The first kappa shape index (κ1) is 17.2. The monoisotopic (exact) mass is 347 g/mol. The van der Waals surface area contributed by atoms with Gasteiger partial charge in [-0.15, -0.1) is 0 Å². The average Bonchev–Trinajstić information content (AvgIpc) is 2.96. The van der Waals surface area contributed by atoms with Crippen LogP contribution in [0.15, 0.2) is 33.6 Å². The van der Waals surface area contributed by atoms with Crippen LogP contribution in [0.5, 0.6) is 5.75 Å². The first-order chi connectivity index (χ1) is 11.9. The second-order valence-corrected chi connectivity index (χ2v) is 6.58. The van der Waals surface area contributed by atoms with Crippen LogP contribution in [-0.4, -0.2) is 40.9 Å². The molecule has 1 saturated carbocycles. The van der Waals surface area contributed by atoms with E-state index in [1.54, 1.807) is 45.2 Å². The van der Waals surface area contributed by atoms with Gasteiger partial charge in [0.2, 0.25) is 0 Å². The highest BCUT2D eigenvalue weighted by Crippen LogP contribution is 2.26. The Balaban J connectivity index is 1.66. The number of hydrogen-bond donors (Lipinski definition) is 2. The zero-order valence-electron chi connectivity index (χ0n) is 14.4. The summed E-state index contributed by atoms with van der Waals surface area (Å²) in [7, 11) is 1.67. The highest BCUT2D eigenvalue weighted by molar-refractivity contribution is 5.85. The van der Waals surface area contributed by atoms with Gasteiger partial charge in [-0.1, -0.05) is 17.3 Å². The summed E-state index contributed by atoms with van der Waals surface area (Å²) in [5, 5.41) is 6.61. The van der Waals surface area contributed by atoms with E-state index in [1.165, 1.54) is 0 Å². The molecule has 8 heteroatoms. The summed E-state index contributed by atoms with van der Waals surface area (Å²) >= 11 is 0. The van der Waals surface area contributed by atoms with Crippen LogP contribution in [0.4, 0.5) is 0 Å². The molecule has 1 aromatic carbocycles. The Kier molecular flexibility index (Phi) is 4.63. The van der Waals surface area contributed by atoms with Crippen LogP contribution in [0.1, 0.15) is 26.7 Å². The van der Waals surface area contributed by atoms with Crippen molar-refractivity contribution in [2.45, 2.75) is 44.4 Å². The molecule has 1 heterocycles. The summed E-state index contributed by atoms with van der Waals surface area (Å²) < 4.78 is 15.6. The molecular weight excluding hydrogens is 326 g/mol. The maximum Gasteiger partial charge on any atom is 0.439 e. The minimum Gasteiger partial charge on any atom is -0.478 e. The lowest BCUT2D eigenvalue weighted by molar-refractivity contribution is -0.136. The number of aromatic amines is 1. The summed E-state index contributed by atoms with van der Waals surface area (Å²) in [5.41, 5.74) is -0.421. The van der Waals surface area contributed by atoms with E-state index >= 15 is 0 Å². The molecule has 1 aliphatic rings. The van der Waals surface area contributed by atoms with Gasteiger partial charge in [0.1, 0.15) is 5.75 Å². The fourth-order valence-corrected chi connectivity index (χ4v) is 2.64. The van der Waals surface area contributed by atoms with Gasteiger partial charge in [0.25, 0.3) is 5.91 Å². The number of H-pyrrole nitrogens is 1. The van der Waals surface area contributed by atoms with Gasteiger partial charge in [-0.25, -0.2) is 4.79 Å². The molecule has 0 spiro atoms. The van der Waals surface area contributed by atoms with Crippen molar-refractivity contribution in [1.82, 2.24) is 15.5 Å². The average molecular weight is 347 g/mol. The van der Waals surface area contributed by atoms with Gasteiger partial charge in [0.05, 0.1) is 6.10 Å². The topological polar surface area (TPSA) is 106 Å². The minimum atomic E-state index is -1.05. The molecule has 0 radical (unpaired) electrons. The second-order valence-electron chi connectivity index (χ2n) is 6.58. The smallest absolute Gasteiger partial charge is 0.439 e. The number of carbonyl (C=O) groups excluding carboxylic acids is 1. The van der Waals surface area contributed by atoms with Crippen molar-refractivity contribution < 1.29 is 18.8 Å². The summed E-state index contributed by atoms with van der Waals surface area (Å²) in [6, 6.07) is 7.05. The highest BCUT2D eigenvalue weighted by atomic mass is 16.5. The maximum absolute atomic E-state index is 12.5. The number of methoxy groups -OCH3 is 1. The molecule has 1 aliphatic carbocycles. The number of hydrogen-bond acceptors (Lipinski definition) is 6. The van der Waals surface area contributed by atoms with Gasteiger partial charge < -0.3 is 14.8 Å². The Morgan fingerprint density at radius 3 is 2.80 bits per heavy atom. The van der Waals surface area contributed by atoms with E-state index in [-0.39, 0.29) is 18.1 Å². The van der Waals surface area contributed by atoms with Gasteiger partial charge >= 0.3 is 5.76 Å². The maximum atomic E-state index is 12.5. The first-order valence-electron chi connectivity index (χ1n) is 8.06. The minimum absolute atomic E-state index is 0.117. The zero-order valence-corrected chi connectivity index (χ0v) is 14.4. The van der Waals surface area contributed by atoms with Crippen LogP contribution < -0.4 is 15.8 Å². The number of ether oxygens (including phenoxy) is 2. The molecule has 2 N–H and O–H groups in total. The van der Waals surface area contributed by atoms with E-state index in [2.05, 4.69) is 20.0 Å². The fourth-order valence-electron chi connectivity index (χ4n) is 2.64. The van der Waals surface area contributed by atoms with Crippen LogP contribution in [0.3, 0.4) is 0 Å². The number of nitrogens with zero attached hydrogens (tertiary/aromatic N) is 1. The molecule has 1 fully saturated rings. The number of rotatable bonds is 6. The molecule has 134 valence electrons. The van der Waals surface area contributed by atoms with Crippen molar-refractivity contribution >= 4 is 5.91 Å². The lowest BCUT2D eigenvalue weighted by Gasteiger charge is -2.36. The predicted molar refractivity (Wildman–Crippen MR) is 89.2 cm³/mol. The molecule has 0 aliphatic heterocycles. The predicted octanol–water partition coefficient (Wildman–Crippen LogP) is 1.48. The van der Waals surface area contributed by atoms with Crippen LogP contribution in [0, 0.1) is 0 Å². The number of nitrogens with one attached hydrogen (secondary N) is 2. The molecule has 0 atom stereocenters. The Hall–Kier alpha value is -2.61. The highest BCUT2D eigenvalue weighted by Gasteiger charge is 2.36. The van der Waals surface area contributed by atoms with Gasteiger partial charge in [-0.3, -0.25) is 14.3 Å². The zero-order chi connectivity index (χ0) is 18.0. The van der Waals surface area contributed by atoms with E-state index in [4.69, 9.17) is 9.47 Å². The Morgan fingerprint density at radius 2 is 2.16 bits per heavy atom. The number of aromatic nitrogens is 2. The Morgan fingerprint density at radius 1 is 1.40 bits per heavy atom. The van der Waals surface area contributed by atoms with Crippen molar-refractivity contribution in [2.75, 3.05) is 7.11 Å². The van der Waals surface area contributed by atoms with E-state index in [0.29, 0.717) is 17.1 Å². The molecule has 1 aromatic heterocycles. The van der Waals surface area contributed by atoms with E-state index in [1.807, 2.05) is 0 Å². The number of carbonyl (C=O) groups is 1. The molecule has 0 saturated heterocycles. The quantitative estimate of drug-likeness (QED) is 0.820. The van der Waals surface area contributed by atoms with E-state index < -0.39 is 11.4 Å². The largest absolute Gasteiger partial charge is 0.478 e. The summed E-state index contributed by atoms with van der Waals surface area (Å²) in [5.74, 6) is -0.0224. The van der Waals surface area contributed by atoms with Crippen LogP contribution in [0.2, 0.25) is 0 Å². The van der Waals surface area contributed by atoms with Crippen molar-refractivity contribution in [3.63, 3.8) is 0 Å². The van der Waals surface area contributed by atoms with Crippen molar-refractivity contribution in [2.24, 2.45) is 0 Å². The molecule has 25 heavy (non-hydrogen) atoms. The molecular formula is C17H21N3O5. The van der Waals surface area contributed by atoms with Crippen LogP contribution in [-0.2, 0) is 9.53 Å². The van der Waals surface area contributed by atoms with Gasteiger partial charge in [0, 0.05) is 18.7 Å². The van der Waals surface area contributed by atoms with Crippen LogP contribution in [0.25, 0.3) is 11.4 Å². The lowest BCUT2D eigenvalue weighted by atomic mass is 9.88. The summed E-state index contributed by atoms with van der Waals surface area (Å²) in [6.45, 7) is 3.42. The van der Waals surface area contributed by atoms with Gasteiger partial charge in [-0.05, 0) is 38.8 Å². The molecule has 0 bridgehead atoms. The fraction of sp³-hybridized carbons (Fsp3) is 0.471. The van der Waals surface area contributed by atoms with E-state index in [0.717, 1.165) is 12.8 Å². The van der Waals surface area contributed by atoms with Crippen molar-refractivity contribution in [3.05, 3.63) is 34.8 Å². The third-order valence-corrected chi connectivity index (χ3v) is 4.23. The molecule has 0 unspecified atom stereocenters. The van der Waals surface area contributed by atoms with Crippen molar-refractivity contribution in [1.29, 1.82) is 0 Å². The lowest BCUT2D eigenvalue weighted by Crippen LogP contribution is -2.54. The molecule has 3 rings (SSSR count). The second kappa shape index (κ2) is 6.72. The van der Waals surface area contributed by atoms with Crippen LogP contribution >= 0.6 is 0 Å². The SMILES string of the molecule is COC1CC(NC(=O)C(C)(C)Oc2cccc(-c3noc(=O)[nH]3)c2)C1. The summed E-state index contributed by atoms with van der Waals surface area (Å²) in [6.07, 6.45) is 1.84. The molecule has 1 amide bonds. The standard InChI is InChI=1S/C17H21N3O5/c1-17(2,15(21)18-11-8-13(9-11)23-3)24-12-6-4-5-10(7-12)14-19-16(22)25-20-14/h4-7,11,13H,8-9H2,1-3H3,(H,18,21)(H,19,20,22). The van der Waals surface area contributed by atoms with Crippen molar-refractivity contribution in [3.8, 4) is 17.1 Å². The molecule has 8 nitrogen and oxygen atoms in total. The first-order valence-corrected chi connectivity index (χ1v) is 8.06. The third-order valence-electron chi connectivity index (χ3n) is 4.23. The number of amides is 1.